The van der Waals surface area contributed by atoms with Gasteiger partial charge in [-0.3, -0.25) is 0 Å². The van der Waals surface area contributed by atoms with E-state index in [1.54, 1.807) is 0 Å². The number of hydrogen-bond donors (Lipinski definition) is 0. The van der Waals surface area contributed by atoms with Crippen molar-refractivity contribution in [1.29, 1.82) is 0 Å². The van der Waals surface area contributed by atoms with Crippen LogP contribution in [0.4, 0.5) is 0 Å². The Balaban J connectivity index is 0.000000561. The van der Waals surface area contributed by atoms with Gasteiger partial charge in [-0.25, -0.2) is 0 Å². The molecule has 1 heterocycles. The van der Waals surface area contributed by atoms with Crippen LogP contribution in [0.2, 0.25) is 0 Å². The molecule has 0 aromatic rings. The molecular weight excluding hydrogens is 146 g/mol. The minimum Gasteiger partial charge on any atom is -0.376 e. The molecule has 1 saturated heterocycles. The summed E-state index contributed by atoms with van der Waals surface area (Å²) in [5.41, 5.74) is 1.35. The molecule has 1 nitrogen and oxygen atoms in total. The fraction of sp³-hybridized carbons (Fsp3) is 0.818. The van der Waals surface area contributed by atoms with Crippen LogP contribution in [0.15, 0.2) is 12.3 Å². The number of hydrogen-bond acceptors (Lipinski definition) is 1. The number of nitrogens with zero attached hydrogens (tertiary/aromatic N) is 1. The van der Waals surface area contributed by atoms with Crippen molar-refractivity contribution in [2.75, 3.05) is 13.1 Å². The normalized spacial score (nSPS) is 17.9. The van der Waals surface area contributed by atoms with Crippen molar-refractivity contribution in [2.45, 2.75) is 46.5 Å². The molecule has 0 amide bonds. The first-order valence-electron chi connectivity index (χ1n) is 5.27. The highest BCUT2D eigenvalue weighted by atomic mass is 15.1. The fourth-order valence-corrected chi connectivity index (χ4v) is 1.51. The molecule has 0 unspecified atom stereocenters. The average Bonchev–Trinajstić information content (AvgIpc) is 2.33. The number of allylic oxidation sites excluding steroid dienone is 1. The molecule has 0 saturated carbocycles. The lowest BCUT2D eigenvalue weighted by Gasteiger charge is -2.22. The van der Waals surface area contributed by atoms with E-state index < -0.39 is 0 Å². The Morgan fingerprint density at radius 3 is 2.50 bits per heavy atom. The van der Waals surface area contributed by atoms with Crippen LogP contribution >= 0.6 is 0 Å². The van der Waals surface area contributed by atoms with Gasteiger partial charge in [0.2, 0.25) is 0 Å². The monoisotopic (exact) mass is 169 g/mol. The van der Waals surface area contributed by atoms with Crippen LogP contribution in [0.25, 0.3) is 0 Å². The summed E-state index contributed by atoms with van der Waals surface area (Å²) < 4.78 is 0. The summed E-state index contributed by atoms with van der Waals surface area (Å²) in [7, 11) is 0. The molecule has 1 aliphatic rings. The van der Waals surface area contributed by atoms with Crippen LogP contribution in [-0.2, 0) is 0 Å². The van der Waals surface area contributed by atoms with Crippen molar-refractivity contribution >= 4 is 0 Å². The van der Waals surface area contributed by atoms with Crippen molar-refractivity contribution in [3.8, 4) is 0 Å². The Labute approximate surface area is 77.5 Å². The van der Waals surface area contributed by atoms with E-state index in [0.29, 0.717) is 0 Å². The predicted molar refractivity (Wildman–Crippen MR) is 56.2 cm³/mol. The van der Waals surface area contributed by atoms with Gasteiger partial charge in [0.25, 0.3) is 0 Å². The van der Waals surface area contributed by atoms with Crippen LogP contribution in [0.1, 0.15) is 46.5 Å². The lowest BCUT2D eigenvalue weighted by molar-refractivity contribution is 0.364. The van der Waals surface area contributed by atoms with Crippen LogP contribution < -0.4 is 0 Å². The second kappa shape index (κ2) is 7.20. The third-order valence-electron chi connectivity index (χ3n) is 2.22. The molecule has 0 aromatic heterocycles. The molecule has 1 rings (SSSR count). The van der Waals surface area contributed by atoms with Crippen molar-refractivity contribution in [3.63, 3.8) is 0 Å². The van der Waals surface area contributed by atoms with E-state index in [0.717, 1.165) is 6.54 Å². The molecule has 1 fully saturated rings. The van der Waals surface area contributed by atoms with Crippen molar-refractivity contribution in [3.05, 3.63) is 12.3 Å². The Morgan fingerprint density at radius 1 is 1.25 bits per heavy atom. The number of rotatable bonds is 1. The van der Waals surface area contributed by atoms with Gasteiger partial charge in [0, 0.05) is 18.8 Å². The zero-order chi connectivity index (χ0) is 9.40. The summed E-state index contributed by atoms with van der Waals surface area (Å²) in [5, 5.41) is 0. The largest absolute Gasteiger partial charge is 0.376 e. The quantitative estimate of drug-likeness (QED) is 0.581. The second-order valence-corrected chi connectivity index (χ2v) is 2.96. The molecule has 0 aliphatic carbocycles. The van der Waals surface area contributed by atoms with E-state index in [-0.39, 0.29) is 0 Å². The summed E-state index contributed by atoms with van der Waals surface area (Å²) in [6.45, 7) is 12.6. The highest BCUT2D eigenvalue weighted by molar-refractivity contribution is 4.94. The van der Waals surface area contributed by atoms with Gasteiger partial charge in [0.15, 0.2) is 0 Å². The van der Waals surface area contributed by atoms with Crippen LogP contribution in [0, 0.1) is 0 Å². The van der Waals surface area contributed by atoms with Gasteiger partial charge in [-0.2, -0.15) is 0 Å². The van der Waals surface area contributed by atoms with E-state index in [1.165, 1.54) is 37.9 Å². The zero-order valence-electron chi connectivity index (χ0n) is 8.90. The molecule has 0 aromatic carbocycles. The van der Waals surface area contributed by atoms with Crippen molar-refractivity contribution in [2.24, 2.45) is 0 Å². The molecule has 1 aliphatic heterocycles. The first kappa shape index (κ1) is 11.5. The first-order chi connectivity index (χ1) is 5.84. The Hall–Kier alpha value is -0.460. The van der Waals surface area contributed by atoms with Gasteiger partial charge in [-0.15, -0.1) is 0 Å². The molecule has 0 N–H and O–H groups in total. The Kier molecular flexibility index (Phi) is 6.93. The van der Waals surface area contributed by atoms with Gasteiger partial charge < -0.3 is 4.90 Å². The zero-order valence-corrected chi connectivity index (χ0v) is 8.90. The highest BCUT2D eigenvalue weighted by Crippen LogP contribution is 2.17. The third kappa shape index (κ3) is 3.80. The maximum atomic E-state index is 4.05. The average molecular weight is 169 g/mol. The first-order valence-corrected chi connectivity index (χ1v) is 5.27. The SMILES string of the molecule is C=C1CCCCCN1CC.CC. The lowest BCUT2D eigenvalue weighted by atomic mass is 10.2. The standard InChI is InChI=1S/C9H17N.C2H6/c1-3-10-8-6-4-5-7-9(10)2;1-2/h2-8H2,1H3;1-2H3. The summed E-state index contributed by atoms with van der Waals surface area (Å²) in [6, 6.07) is 0. The maximum Gasteiger partial charge on any atom is 0.0174 e. The molecule has 0 bridgehead atoms. The summed E-state index contributed by atoms with van der Waals surface area (Å²) in [4.78, 5) is 2.40. The molecule has 72 valence electrons. The number of likely N-dealkylation sites (tertiary alicyclic amines) is 1. The minimum absolute atomic E-state index is 1.14. The van der Waals surface area contributed by atoms with Crippen molar-refractivity contribution < 1.29 is 0 Å². The summed E-state index contributed by atoms with van der Waals surface area (Å²) in [6.07, 6.45) is 5.30. The summed E-state index contributed by atoms with van der Waals surface area (Å²) >= 11 is 0. The molecule has 12 heavy (non-hydrogen) atoms. The van der Waals surface area contributed by atoms with Gasteiger partial charge in [0.05, 0.1) is 0 Å². The predicted octanol–water partition coefficient (Wildman–Crippen LogP) is 3.42. The Morgan fingerprint density at radius 2 is 1.92 bits per heavy atom. The van der Waals surface area contributed by atoms with E-state index in [1.807, 2.05) is 13.8 Å². The Bertz CT molecular complexity index is 118. The smallest absolute Gasteiger partial charge is 0.0174 e. The van der Waals surface area contributed by atoms with Crippen LogP contribution in [0.5, 0.6) is 0 Å². The van der Waals surface area contributed by atoms with Crippen LogP contribution in [0.3, 0.4) is 0 Å². The fourth-order valence-electron chi connectivity index (χ4n) is 1.51. The maximum absolute atomic E-state index is 4.05. The molecular formula is C11H23N. The highest BCUT2D eigenvalue weighted by Gasteiger charge is 2.08. The summed E-state index contributed by atoms with van der Waals surface area (Å²) in [5.74, 6) is 0. The van der Waals surface area contributed by atoms with Crippen LogP contribution in [-0.4, -0.2) is 18.0 Å². The van der Waals surface area contributed by atoms with E-state index in [9.17, 15) is 0 Å². The topological polar surface area (TPSA) is 3.24 Å². The van der Waals surface area contributed by atoms with E-state index in [4.69, 9.17) is 0 Å². The van der Waals surface area contributed by atoms with Gasteiger partial charge in [-0.1, -0.05) is 26.8 Å². The van der Waals surface area contributed by atoms with Gasteiger partial charge in [-0.05, 0) is 26.2 Å². The molecule has 1 heteroatoms. The lowest BCUT2D eigenvalue weighted by Crippen LogP contribution is -2.21. The molecule has 0 atom stereocenters. The van der Waals surface area contributed by atoms with E-state index >= 15 is 0 Å². The van der Waals surface area contributed by atoms with Gasteiger partial charge in [0.1, 0.15) is 0 Å². The molecule has 0 spiro atoms. The second-order valence-electron chi connectivity index (χ2n) is 2.96. The third-order valence-corrected chi connectivity index (χ3v) is 2.22. The molecule has 0 radical (unpaired) electrons. The minimum atomic E-state index is 1.14. The van der Waals surface area contributed by atoms with E-state index in [2.05, 4.69) is 18.4 Å². The van der Waals surface area contributed by atoms with Crippen molar-refractivity contribution in [1.82, 2.24) is 4.90 Å². The van der Waals surface area contributed by atoms with Gasteiger partial charge >= 0.3 is 0 Å².